The molecule has 0 spiro atoms. The lowest BCUT2D eigenvalue weighted by Gasteiger charge is -2.28. The number of carbonyl (C=O) groups excluding carboxylic acids is 2. The number of nitrogens with zero attached hydrogens (tertiary/aromatic N) is 1. The average Bonchev–Trinajstić information content (AvgIpc) is 1.08. The molecule has 0 aromatic heterocycles. The predicted molar refractivity (Wildman–Crippen MR) is 425 cm³/mol. The molecule has 0 fully saturated rings. The topological polar surface area (TPSA) is 111 Å². The van der Waals surface area contributed by atoms with E-state index in [9.17, 15) is 19.0 Å². The third-order valence-corrected chi connectivity index (χ3v) is 19.2. The van der Waals surface area contributed by atoms with Gasteiger partial charge in [-0.05, 0) is 103 Å². The maximum Gasteiger partial charge on any atom is 0.306 e. The van der Waals surface area contributed by atoms with E-state index in [1.54, 1.807) is 0 Å². The number of hydrogen-bond acceptors (Lipinski definition) is 8. The van der Waals surface area contributed by atoms with Crippen LogP contribution in [0.15, 0.2) is 109 Å². The second-order valence-electron chi connectivity index (χ2n) is 29.1. The lowest BCUT2D eigenvalue weighted by atomic mass is 10.0. The Morgan fingerprint density at radius 3 is 0.878 bits per heavy atom. The first-order valence-electron chi connectivity index (χ1n) is 41.6. The van der Waals surface area contributed by atoms with Gasteiger partial charge in [-0.1, -0.05) is 380 Å². The van der Waals surface area contributed by atoms with Gasteiger partial charge in [0.15, 0.2) is 6.10 Å². The Kier molecular flexibility index (Phi) is 75.2. The van der Waals surface area contributed by atoms with Crippen LogP contribution in [0, 0.1) is 0 Å². The monoisotopic (exact) mass is 1390 g/mol. The van der Waals surface area contributed by atoms with Gasteiger partial charge in [-0.25, -0.2) is 0 Å². The van der Waals surface area contributed by atoms with Crippen LogP contribution in [0.4, 0.5) is 0 Å². The molecule has 0 heterocycles. The van der Waals surface area contributed by atoms with E-state index in [4.69, 9.17) is 18.5 Å². The highest BCUT2D eigenvalue weighted by molar-refractivity contribution is 7.45. The second-order valence-corrected chi connectivity index (χ2v) is 30.5. The van der Waals surface area contributed by atoms with E-state index < -0.39 is 26.5 Å². The smallest absolute Gasteiger partial charge is 0.306 e. The molecule has 0 radical (unpaired) electrons. The van der Waals surface area contributed by atoms with Gasteiger partial charge in [-0.15, -0.1) is 0 Å². The van der Waals surface area contributed by atoms with Gasteiger partial charge >= 0.3 is 11.9 Å². The van der Waals surface area contributed by atoms with Gasteiger partial charge in [0.25, 0.3) is 7.82 Å². The molecule has 2 unspecified atom stereocenters. The van der Waals surface area contributed by atoms with Gasteiger partial charge in [0.05, 0.1) is 27.7 Å². The molecule has 568 valence electrons. The molecule has 0 aliphatic heterocycles. The van der Waals surface area contributed by atoms with Crippen LogP contribution < -0.4 is 4.89 Å². The van der Waals surface area contributed by atoms with Crippen LogP contribution in [0.25, 0.3) is 0 Å². The number of carbonyl (C=O) groups is 2. The zero-order valence-electron chi connectivity index (χ0n) is 65.0. The van der Waals surface area contributed by atoms with Crippen molar-refractivity contribution in [3.05, 3.63) is 109 Å². The molecule has 0 amide bonds. The van der Waals surface area contributed by atoms with Gasteiger partial charge in [0.1, 0.15) is 19.8 Å². The summed E-state index contributed by atoms with van der Waals surface area (Å²) in [7, 11) is 1.16. The van der Waals surface area contributed by atoms with Gasteiger partial charge in [-0.3, -0.25) is 14.2 Å². The molecule has 0 rings (SSSR count). The highest BCUT2D eigenvalue weighted by Crippen LogP contribution is 2.38. The number of quaternary nitrogens is 1. The molecule has 0 aliphatic rings. The summed E-state index contributed by atoms with van der Waals surface area (Å²) in [5, 5.41) is 0. The van der Waals surface area contributed by atoms with Crippen molar-refractivity contribution in [2.75, 3.05) is 47.5 Å². The van der Waals surface area contributed by atoms with Crippen LogP contribution in [-0.4, -0.2) is 70.0 Å². The van der Waals surface area contributed by atoms with Crippen LogP contribution >= 0.6 is 7.82 Å². The number of phosphoric ester groups is 1. The van der Waals surface area contributed by atoms with Crippen LogP contribution in [0.3, 0.4) is 0 Å². The highest BCUT2D eigenvalue weighted by atomic mass is 31.2. The van der Waals surface area contributed by atoms with Crippen molar-refractivity contribution in [1.29, 1.82) is 0 Å². The van der Waals surface area contributed by atoms with E-state index in [0.29, 0.717) is 17.4 Å². The number of rotatable bonds is 77. The molecule has 0 bridgehead atoms. The largest absolute Gasteiger partial charge is 0.756 e. The van der Waals surface area contributed by atoms with Crippen LogP contribution in [0.1, 0.15) is 386 Å². The van der Waals surface area contributed by atoms with E-state index in [1.807, 2.05) is 21.1 Å². The lowest BCUT2D eigenvalue weighted by molar-refractivity contribution is -0.870. The molecular formula is C88H158NO8P. The standard InChI is InChI=1S/C88H158NO8P/c1-6-8-10-12-14-16-18-20-22-24-26-28-30-32-34-36-38-40-41-42-43-44-45-46-47-49-50-52-54-56-58-60-62-64-66-68-70-72-74-76-78-80-87(90)94-84-86(85-96-98(92,93)95-83-82-89(3,4)5)97-88(91)81-79-77-75-73-71-69-67-65-63-61-59-57-55-53-51-48-39-37-35-33-31-29-27-25-23-21-19-17-15-13-11-9-7-2/h9,11,15,17,21,23-24,26-27,29,33,35,39,48,53,55,59,61,86H,6-8,10,12-14,16,18-20,22,25,28,30-32,34,36-38,40-47,49-52,54,56-58,60,62-85H2,1-5H3/b11-9-,17-15-,23-21-,26-24-,29-27-,35-33-,48-39-,55-53-,61-59-. The van der Waals surface area contributed by atoms with Crippen LogP contribution in [0.5, 0.6) is 0 Å². The van der Waals surface area contributed by atoms with Gasteiger partial charge < -0.3 is 27.9 Å². The number of phosphoric acid groups is 1. The second kappa shape index (κ2) is 77.8. The zero-order chi connectivity index (χ0) is 71.1. The minimum atomic E-state index is -4.65. The fourth-order valence-electron chi connectivity index (χ4n) is 12.0. The summed E-state index contributed by atoms with van der Waals surface area (Å²) in [4.78, 5) is 38.2. The van der Waals surface area contributed by atoms with E-state index >= 15 is 0 Å². The molecule has 0 aromatic rings. The van der Waals surface area contributed by atoms with E-state index in [0.717, 1.165) is 96.3 Å². The summed E-state index contributed by atoms with van der Waals surface area (Å²) in [6, 6.07) is 0. The average molecular weight is 1390 g/mol. The number of ether oxygens (including phenoxy) is 2. The summed E-state index contributed by atoms with van der Waals surface area (Å²) in [5.74, 6) is -0.833. The minimum Gasteiger partial charge on any atom is -0.756 e. The highest BCUT2D eigenvalue weighted by Gasteiger charge is 2.22. The Morgan fingerprint density at radius 1 is 0.327 bits per heavy atom. The Morgan fingerprint density at radius 2 is 0.582 bits per heavy atom. The van der Waals surface area contributed by atoms with Crippen LogP contribution in [-0.2, 0) is 32.7 Å². The fraction of sp³-hybridized carbons (Fsp3) is 0.773. The maximum atomic E-state index is 12.9. The lowest BCUT2D eigenvalue weighted by Crippen LogP contribution is -2.37. The molecule has 0 N–H and O–H groups in total. The Bertz CT molecular complexity index is 2030. The number of unbranched alkanes of at least 4 members (excludes halogenated alkanes) is 45. The summed E-state index contributed by atoms with van der Waals surface area (Å²) in [5.41, 5.74) is 0. The quantitative estimate of drug-likeness (QED) is 0.0195. The minimum absolute atomic E-state index is 0.0357. The van der Waals surface area contributed by atoms with E-state index in [1.165, 1.54) is 257 Å². The van der Waals surface area contributed by atoms with Crippen molar-refractivity contribution in [2.45, 2.75) is 392 Å². The molecule has 0 aromatic carbocycles. The van der Waals surface area contributed by atoms with E-state index in [2.05, 4.69) is 123 Å². The molecule has 0 aliphatic carbocycles. The first kappa shape index (κ1) is 94.7. The third kappa shape index (κ3) is 81.6. The van der Waals surface area contributed by atoms with Crippen molar-refractivity contribution in [3.63, 3.8) is 0 Å². The molecule has 0 saturated carbocycles. The van der Waals surface area contributed by atoms with Crippen molar-refractivity contribution in [3.8, 4) is 0 Å². The summed E-state index contributed by atoms with van der Waals surface area (Å²) in [6.07, 6.45) is 111. The summed E-state index contributed by atoms with van der Waals surface area (Å²) < 4.78 is 34.4. The third-order valence-electron chi connectivity index (χ3n) is 18.3. The zero-order valence-corrected chi connectivity index (χ0v) is 65.9. The Hall–Kier alpha value is -3.33. The molecule has 0 saturated heterocycles. The first-order valence-corrected chi connectivity index (χ1v) is 43.1. The number of hydrogen-bond donors (Lipinski definition) is 0. The number of likely N-dealkylation sites (N-methyl/N-ethyl adjacent to an activating group) is 1. The normalized spacial score (nSPS) is 13.6. The maximum absolute atomic E-state index is 12.9. The molecule has 10 heteroatoms. The predicted octanol–water partition coefficient (Wildman–Crippen LogP) is 27.3. The first-order chi connectivity index (χ1) is 48.0. The SMILES string of the molecule is CC/C=C\C/C=C\C/C=C\C/C=C\C/C=C\C/C=C\C/C=C\C/C=C\CCCCCCCCCCC(=O)OC(COC(=O)CCCCCCCCCCCCCCCCCCCCCCCCCCCCCCC/C=C\CCCCCCCCCC)COP(=O)([O-])OCC[N+](C)(C)C. The van der Waals surface area contributed by atoms with E-state index in [-0.39, 0.29) is 32.0 Å². The molecule has 98 heavy (non-hydrogen) atoms. The number of esters is 2. The van der Waals surface area contributed by atoms with Gasteiger partial charge in [0.2, 0.25) is 0 Å². The molecule has 9 nitrogen and oxygen atoms in total. The van der Waals surface area contributed by atoms with Crippen LogP contribution in [0.2, 0.25) is 0 Å². The van der Waals surface area contributed by atoms with Crippen molar-refractivity contribution < 1.29 is 42.1 Å². The fourth-order valence-corrected chi connectivity index (χ4v) is 12.7. The number of allylic oxidation sites excluding steroid dienone is 18. The summed E-state index contributed by atoms with van der Waals surface area (Å²) >= 11 is 0. The van der Waals surface area contributed by atoms with Gasteiger partial charge in [-0.2, -0.15) is 0 Å². The van der Waals surface area contributed by atoms with Crippen molar-refractivity contribution >= 4 is 19.8 Å². The molecular weight excluding hydrogens is 1230 g/mol. The van der Waals surface area contributed by atoms with Crippen molar-refractivity contribution in [1.82, 2.24) is 0 Å². The van der Waals surface area contributed by atoms with Gasteiger partial charge in [0, 0.05) is 12.8 Å². The Balaban J connectivity index is 3.94. The summed E-state index contributed by atoms with van der Waals surface area (Å²) in [6.45, 7) is 4.16. The van der Waals surface area contributed by atoms with Crippen molar-refractivity contribution in [2.24, 2.45) is 0 Å². The molecule has 2 atom stereocenters. The Labute approximate surface area is 607 Å².